The van der Waals surface area contributed by atoms with Gasteiger partial charge in [-0.1, -0.05) is 24.4 Å². The fourth-order valence-corrected chi connectivity index (χ4v) is 2.40. The lowest BCUT2D eigenvalue weighted by molar-refractivity contribution is 0.194. The molecule has 0 unspecified atom stereocenters. The fourth-order valence-electron chi connectivity index (χ4n) is 2.28. The lowest BCUT2D eigenvalue weighted by Crippen LogP contribution is -2.43. The van der Waals surface area contributed by atoms with Gasteiger partial charge in [0.2, 0.25) is 0 Å². The summed E-state index contributed by atoms with van der Waals surface area (Å²) in [5, 5.41) is 0. The number of piperidine rings is 1. The van der Waals surface area contributed by atoms with Crippen molar-refractivity contribution in [3.05, 3.63) is 29.8 Å². The number of anilines is 1. The summed E-state index contributed by atoms with van der Waals surface area (Å²) in [5.41, 5.74) is 7.22. The number of carbonyl (C=O) groups excluding carboxylic acids is 1. The van der Waals surface area contributed by atoms with Gasteiger partial charge in [0, 0.05) is 31.4 Å². The number of likely N-dealkylation sites (tertiary alicyclic amines) is 1. The van der Waals surface area contributed by atoms with Crippen LogP contribution < -0.4 is 10.6 Å². The van der Waals surface area contributed by atoms with Crippen LogP contribution in [0.3, 0.4) is 0 Å². The van der Waals surface area contributed by atoms with Crippen LogP contribution in [0.4, 0.5) is 10.5 Å². The molecule has 0 spiro atoms. The van der Waals surface area contributed by atoms with Gasteiger partial charge in [-0.3, -0.25) is 4.90 Å². The average molecular weight is 277 g/mol. The van der Waals surface area contributed by atoms with Gasteiger partial charge >= 0.3 is 6.03 Å². The normalized spacial score (nSPS) is 15.1. The van der Waals surface area contributed by atoms with E-state index in [0.29, 0.717) is 4.99 Å². The first kappa shape index (κ1) is 13.8. The van der Waals surface area contributed by atoms with Gasteiger partial charge < -0.3 is 10.6 Å². The predicted octanol–water partition coefficient (Wildman–Crippen LogP) is 2.36. The maximum atomic E-state index is 12.4. The summed E-state index contributed by atoms with van der Waals surface area (Å²) >= 11 is 4.96. The molecule has 0 bridgehead atoms. The Balaban J connectivity index is 2.13. The number of hydrogen-bond acceptors (Lipinski definition) is 2. The molecule has 1 aromatic carbocycles. The first-order valence-electron chi connectivity index (χ1n) is 6.52. The Labute approximate surface area is 119 Å². The number of rotatable bonds is 2. The summed E-state index contributed by atoms with van der Waals surface area (Å²) in [5.74, 6) is 0. The summed E-state index contributed by atoms with van der Waals surface area (Å²) in [6, 6.07) is 7.50. The van der Waals surface area contributed by atoms with Crippen molar-refractivity contribution < 1.29 is 4.79 Å². The molecule has 0 radical (unpaired) electrons. The summed E-state index contributed by atoms with van der Waals surface area (Å²) in [7, 11) is 1.79. The molecule has 5 heteroatoms. The lowest BCUT2D eigenvalue weighted by atomic mass is 10.1. The van der Waals surface area contributed by atoms with Gasteiger partial charge in [-0.2, -0.15) is 0 Å². The zero-order chi connectivity index (χ0) is 13.8. The molecule has 1 fully saturated rings. The van der Waals surface area contributed by atoms with Crippen molar-refractivity contribution >= 4 is 28.9 Å². The lowest BCUT2D eigenvalue weighted by Gasteiger charge is -2.31. The summed E-state index contributed by atoms with van der Waals surface area (Å²) < 4.78 is 0. The molecule has 2 rings (SSSR count). The molecule has 1 heterocycles. The number of thiocarbonyl (C=S) groups is 1. The van der Waals surface area contributed by atoms with Crippen molar-refractivity contribution in [2.24, 2.45) is 5.73 Å². The fraction of sp³-hybridized carbons (Fsp3) is 0.429. The number of nitrogens with two attached hydrogens (primary N) is 1. The molecule has 19 heavy (non-hydrogen) atoms. The highest BCUT2D eigenvalue weighted by atomic mass is 32.1. The standard InChI is InChI=1S/C14H19N3OS/c1-16(14(18)17-8-3-2-4-9-17)12-7-5-6-11(10-12)13(15)19/h5-7,10H,2-4,8-9H2,1H3,(H2,15,19). The van der Waals surface area contributed by atoms with Crippen LogP contribution in [0.15, 0.2) is 24.3 Å². The van der Waals surface area contributed by atoms with E-state index in [-0.39, 0.29) is 6.03 Å². The summed E-state index contributed by atoms with van der Waals surface area (Å²) in [4.78, 5) is 16.3. The maximum absolute atomic E-state index is 12.4. The Kier molecular flexibility index (Phi) is 4.37. The van der Waals surface area contributed by atoms with Crippen molar-refractivity contribution in [3.63, 3.8) is 0 Å². The van der Waals surface area contributed by atoms with Crippen LogP contribution in [-0.4, -0.2) is 36.1 Å². The molecule has 0 saturated carbocycles. The molecule has 2 N–H and O–H groups in total. The van der Waals surface area contributed by atoms with Crippen LogP contribution in [0.2, 0.25) is 0 Å². The van der Waals surface area contributed by atoms with E-state index in [1.165, 1.54) is 6.42 Å². The van der Waals surface area contributed by atoms with Crippen LogP contribution >= 0.6 is 12.2 Å². The highest BCUT2D eigenvalue weighted by Crippen LogP contribution is 2.18. The first-order valence-corrected chi connectivity index (χ1v) is 6.93. The third-order valence-corrected chi connectivity index (χ3v) is 3.67. The Morgan fingerprint density at radius 1 is 1.32 bits per heavy atom. The number of urea groups is 1. The second-order valence-electron chi connectivity index (χ2n) is 4.80. The van der Waals surface area contributed by atoms with Crippen molar-refractivity contribution in [3.8, 4) is 0 Å². The van der Waals surface area contributed by atoms with Gasteiger partial charge in [-0.15, -0.1) is 0 Å². The number of hydrogen-bond donors (Lipinski definition) is 1. The second-order valence-corrected chi connectivity index (χ2v) is 5.24. The molecular weight excluding hydrogens is 258 g/mol. The smallest absolute Gasteiger partial charge is 0.324 e. The Hall–Kier alpha value is -1.62. The third-order valence-electron chi connectivity index (χ3n) is 3.43. The molecule has 1 aliphatic heterocycles. The van der Waals surface area contributed by atoms with E-state index in [9.17, 15) is 4.79 Å². The van der Waals surface area contributed by atoms with E-state index in [1.54, 1.807) is 11.9 Å². The minimum Gasteiger partial charge on any atom is -0.389 e. The zero-order valence-corrected chi connectivity index (χ0v) is 11.9. The van der Waals surface area contributed by atoms with Crippen LogP contribution in [0.5, 0.6) is 0 Å². The molecule has 4 nitrogen and oxygen atoms in total. The molecule has 1 saturated heterocycles. The summed E-state index contributed by atoms with van der Waals surface area (Å²) in [6.07, 6.45) is 3.39. The van der Waals surface area contributed by atoms with E-state index in [1.807, 2.05) is 29.2 Å². The molecule has 2 amide bonds. The highest BCUT2D eigenvalue weighted by Gasteiger charge is 2.21. The molecular formula is C14H19N3OS. The van der Waals surface area contributed by atoms with Gasteiger partial charge in [-0.25, -0.2) is 4.79 Å². The number of nitrogens with zero attached hydrogens (tertiary/aromatic N) is 2. The van der Waals surface area contributed by atoms with E-state index >= 15 is 0 Å². The van der Waals surface area contributed by atoms with E-state index in [4.69, 9.17) is 18.0 Å². The van der Waals surface area contributed by atoms with Gasteiger partial charge in [-0.05, 0) is 31.4 Å². The van der Waals surface area contributed by atoms with Crippen molar-refractivity contribution in [2.75, 3.05) is 25.0 Å². The molecule has 0 aromatic heterocycles. The minimum absolute atomic E-state index is 0.0415. The number of amides is 2. The zero-order valence-electron chi connectivity index (χ0n) is 11.1. The van der Waals surface area contributed by atoms with Gasteiger partial charge in [0.05, 0.1) is 0 Å². The minimum atomic E-state index is 0.0415. The SMILES string of the molecule is CN(C(=O)N1CCCCC1)c1cccc(C(N)=S)c1. The number of benzene rings is 1. The van der Waals surface area contributed by atoms with Crippen LogP contribution in [0, 0.1) is 0 Å². The maximum Gasteiger partial charge on any atom is 0.324 e. The van der Waals surface area contributed by atoms with E-state index < -0.39 is 0 Å². The molecule has 0 aliphatic carbocycles. The quantitative estimate of drug-likeness (QED) is 0.844. The van der Waals surface area contributed by atoms with E-state index in [0.717, 1.165) is 37.2 Å². The topological polar surface area (TPSA) is 49.6 Å². The highest BCUT2D eigenvalue weighted by molar-refractivity contribution is 7.80. The van der Waals surface area contributed by atoms with Crippen molar-refractivity contribution in [2.45, 2.75) is 19.3 Å². The van der Waals surface area contributed by atoms with Gasteiger partial charge in [0.15, 0.2) is 0 Å². The Morgan fingerprint density at radius 3 is 2.63 bits per heavy atom. The molecule has 102 valence electrons. The number of carbonyl (C=O) groups is 1. The third kappa shape index (κ3) is 3.23. The second kappa shape index (κ2) is 6.02. The monoisotopic (exact) mass is 277 g/mol. The van der Waals surface area contributed by atoms with Crippen LogP contribution in [0.25, 0.3) is 0 Å². The van der Waals surface area contributed by atoms with Crippen molar-refractivity contribution in [1.29, 1.82) is 0 Å². The Morgan fingerprint density at radius 2 is 2.00 bits per heavy atom. The predicted molar refractivity (Wildman–Crippen MR) is 81.6 cm³/mol. The van der Waals surface area contributed by atoms with Gasteiger partial charge in [0.1, 0.15) is 4.99 Å². The average Bonchev–Trinajstić information content (AvgIpc) is 2.46. The van der Waals surface area contributed by atoms with Crippen molar-refractivity contribution in [1.82, 2.24) is 4.90 Å². The van der Waals surface area contributed by atoms with Crippen LogP contribution in [-0.2, 0) is 0 Å². The summed E-state index contributed by atoms with van der Waals surface area (Å²) in [6.45, 7) is 1.69. The largest absolute Gasteiger partial charge is 0.389 e. The molecule has 1 aliphatic rings. The first-order chi connectivity index (χ1) is 9.09. The molecule has 0 atom stereocenters. The Bertz CT molecular complexity index is 483. The molecule has 1 aromatic rings. The van der Waals surface area contributed by atoms with E-state index in [2.05, 4.69) is 0 Å². The van der Waals surface area contributed by atoms with Crippen LogP contribution in [0.1, 0.15) is 24.8 Å². The van der Waals surface area contributed by atoms with Gasteiger partial charge in [0.25, 0.3) is 0 Å².